The number of aryl methyl sites for hydroxylation is 1. The van der Waals surface area contributed by atoms with Crippen molar-refractivity contribution in [2.24, 2.45) is 0 Å². The van der Waals surface area contributed by atoms with Crippen molar-refractivity contribution in [3.63, 3.8) is 0 Å². The molecule has 3 rings (SSSR count). The van der Waals surface area contributed by atoms with Crippen molar-refractivity contribution in [3.8, 4) is 0 Å². The summed E-state index contributed by atoms with van der Waals surface area (Å²) in [5.41, 5.74) is 2.93. The predicted octanol–water partition coefficient (Wildman–Crippen LogP) is 2.61. The Kier molecular flexibility index (Phi) is 3.96. The molecule has 3 aromatic rings. The number of thiazole rings is 1. The lowest BCUT2D eigenvalue weighted by Gasteiger charge is -1.96. The van der Waals surface area contributed by atoms with Crippen LogP contribution in [0.25, 0.3) is 15.2 Å². The van der Waals surface area contributed by atoms with E-state index in [1.807, 2.05) is 23.5 Å². The molecule has 0 aliphatic carbocycles. The van der Waals surface area contributed by atoms with E-state index in [1.54, 1.807) is 25.6 Å². The summed E-state index contributed by atoms with van der Waals surface area (Å²) < 4.78 is 7.49. The second kappa shape index (κ2) is 5.48. The van der Waals surface area contributed by atoms with Crippen LogP contribution in [0, 0.1) is 6.92 Å². The number of para-hydroxylation sites is 1. The van der Waals surface area contributed by atoms with E-state index in [1.165, 1.54) is 4.70 Å². The fourth-order valence-corrected chi connectivity index (χ4v) is 2.95. The first-order chi connectivity index (χ1) is 8.72. The number of nitrogens with zero attached hydrogens (tertiary/aromatic N) is 2. The summed E-state index contributed by atoms with van der Waals surface area (Å²) in [6.07, 6.45) is 0. The molecule has 96 valence electrons. The summed E-state index contributed by atoms with van der Waals surface area (Å²) in [5.74, 6) is 0. The first-order valence-electron chi connectivity index (χ1n) is 5.59. The van der Waals surface area contributed by atoms with Crippen LogP contribution < -0.4 is 0 Å². The lowest BCUT2D eigenvalue weighted by molar-refractivity contribution is 0.275. The third kappa shape index (κ3) is 2.12. The van der Waals surface area contributed by atoms with Crippen molar-refractivity contribution in [1.29, 1.82) is 0 Å². The number of benzene rings is 1. The fraction of sp³-hybridized carbons (Fsp3) is 0.308. The molecule has 0 fully saturated rings. The minimum absolute atomic E-state index is 0.0354. The van der Waals surface area contributed by atoms with Gasteiger partial charge in [0, 0.05) is 14.2 Å². The third-order valence-corrected chi connectivity index (χ3v) is 3.62. The van der Waals surface area contributed by atoms with Gasteiger partial charge in [-0.05, 0) is 19.1 Å². The molecule has 2 heterocycles. The molecule has 0 saturated carbocycles. The van der Waals surface area contributed by atoms with E-state index >= 15 is 0 Å². The minimum Gasteiger partial charge on any atom is -0.390 e. The number of aromatic nitrogens is 2. The molecule has 0 spiro atoms. The van der Waals surface area contributed by atoms with Crippen LogP contribution in [-0.2, 0) is 11.3 Å². The monoisotopic (exact) mass is 264 g/mol. The molecule has 0 amide bonds. The maximum Gasteiger partial charge on any atom is 0.195 e. The number of hydrogen-bond donors (Lipinski definition) is 1. The van der Waals surface area contributed by atoms with Gasteiger partial charge in [-0.25, -0.2) is 4.98 Å². The summed E-state index contributed by atoms with van der Waals surface area (Å²) in [7, 11) is 3.25. The van der Waals surface area contributed by atoms with Gasteiger partial charge < -0.3 is 9.84 Å². The molecule has 1 N–H and O–H groups in total. The average molecular weight is 264 g/mol. The number of methoxy groups -OCH3 is 1. The highest BCUT2D eigenvalue weighted by Crippen LogP contribution is 2.28. The van der Waals surface area contributed by atoms with Gasteiger partial charge in [0.05, 0.1) is 28.2 Å². The average Bonchev–Trinajstić information content (AvgIpc) is 2.84. The zero-order valence-electron chi connectivity index (χ0n) is 10.7. The van der Waals surface area contributed by atoms with Crippen LogP contribution in [0.1, 0.15) is 11.4 Å². The Labute approximate surface area is 109 Å². The fourth-order valence-electron chi connectivity index (χ4n) is 1.86. The van der Waals surface area contributed by atoms with Gasteiger partial charge in [0.15, 0.2) is 4.96 Å². The number of aliphatic hydroxyl groups excluding tert-OH is 1. The van der Waals surface area contributed by atoms with Crippen LogP contribution in [-0.4, -0.2) is 28.7 Å². The van der Waals surface area contributed by atoms with Crippen molar-refractivity contribution in [1.82, 2.24) is 9.38 Å². The molecule has 1 aromatic carbocycles. The Bertz CT molecular complexity index is 657. The molecule has 5 heteroatoms. The SMILES string of the molecule is COC.Cc1nc2sc3ccccc3n2c1CO. The van der Waals surface area contributed by atoms with Crippen molar-refractivity contribution in [3.05, 3.63) is 35.7 Å². The topological polar surface area (TPSA) is 46.8 Å². The highest BCUT2D eigenvalue weighted by Gasteiger charge is 2.12. The van der Waals surface area contributed by atoms with E-state index < -0.39 is 0 Å². The Morgan fingerprint density at radius 1 is 1.33 bits per heavy atom. The molecule has 0 aliphatic rings. The van der Waals surface area contributed by atoms with E-state index in [0.717, 1.165) is 21.9 Å². The lowest BCUT2D eigenvalue weighted by atomic mass is 10.3. The lowest BCUT2D eigenvalue weighted by Crippen LogP contribution is -1.92. The Morgan fingerprint density at radius 3 is 2.67 bits per heavy atom. The summed E-state index contributed by atoms with van der Waals surface area (Å²) in [6, 6.07) is 8.15. The maximum atomic E-state index is 9.33. The zero-order valence-corrected chi connectivity index (χ0v) is 11.5. The smallest absolute Gasteiger partial charge is 0.195 e. The van der Waals surface area contributed by atoms with E-state index in [4.69, 9.17) is 0 Å². The zero-order chi connectivity index (χ0) is 13.1. The molecule has 0 unspecified atom stereocenters. The molecule has 18 heavy (non-hydrogen) atoms. The molecule has 0 bridgehead atoms. The van der Waals surface area contributed by atoms with E-state index in [2.05, 4.69) is 21.9 Å². The van der Waals surface area contributed by atoms with Crippen molar-refractivity contribution < 1.29 is 9.84 Å². The van der Waals surface area contributed by atoms with Gasteiger partial charge in [-0.2, -0.15) is 0 Å². The molecule has 4 nitrogen and oxygen atoms in total. The first-order valence-corrected chi connectivity index (χ1v) is 6.41. The number of hydrogen-bond acceptors (Lipinski definition) is 4. The molecule has 0 radical (unpaired) electrons. The molecular weight excluding hydrogens is 248 g/mol. The van der Waals surface area contributed by atoms with Crippen molar-refractivity contribution in [2.75, 3.05) is 14.2 Å². The standard InChI is InChI=1S/C11H10N2OS.C2H6O/c1-7-9(6-14)13-8-4-2-3-5-10(8)15-11(13)12-7;1-3-2/h2-5,14H,6H2,1H3;1-2H3. The van der Waals surface area contributed by atoms with Crippen LogP contribution in [0.15, 0.2) is 24.3 Å². The Hall–Kier alpha value is -1.43. The van der Waals surface area contributed by atoms with Crippen LogP contribution >= 0.6 is 11.3 Å². The molecule has 0 saturated heterocycles. The van der Waals surface area contributed by atoms with E-state index in [9.17, 15) is 5.11 Å². The van der Waals surface area contributed by atoms with Gasteiger partial charge >= 0.3 is 0 Å². The number of ether oxygens (including phenoxy) is 1. The van der Waals surface area contributed by atoms with Crippen LogP contribution in [0.2, 0.25) is 0 Å². The Balaban J connectivity index is 0.000000367. The number of rotatable bonds is 1. The van der Waals surface area contributed by atoms with Gasteiger partial charge in [0.25, 0.3) is 0 Å². The summed E-state index contributed by atoms with van der Waals surface area (Å²) >= 11 is 1.65. The molecule has 0 aliphatic heterocycles. The largest absolute Gasteiger partial charge is 0.390 e. The molecular formula is C13H16N2O2S. The normalized spacial score (nSPS) is 10.7. The third-order valence-electron chi connectivity index (χ3n) is 2.60. The second-order valence-corrected chi connectivity index (χ2v) is 4.91. The van der Waals surface area contributed by atoms with Crippen LogP contribution in [0.5, 0.6) is 0 Å². The Morgan fingerprint density at radius 2 is 2.00 bits per heavy atom. The first kappa shape index (κ1) is 13.0. The summed E-state index contributed by atoms with van der Waals surface area (Å²) in [5, 5.41) is 9.33. The van der Waals surface area contributed by atoms with Crippen molar-refractivity contribution in [2.45, 2.75) is 13.5 Å². The maximum absolute atomic E-state index is 9.33. The van der Waals surface area contributed by atoms with Crippen LogP contribution in [0.4, 0.5) is 0 Å². The summed E-state index contributed by atoms with van der Waals surface area (Å²) in [6.45, 7) is 1.97. The van der Waals surface area contributed by atoms with Crippen molar-refractivity contribution >= 4 is 26.5 Å². The van der Waals surface area contributed by atoms with E-state index in [0.29, 0.717) is 0 Å². The number of imidazole rings is 1. The number of fused-ring (bicyclic) bond motifs is 3. The predicted molar refractivity (Wildman–Crippen MR) is 74.2 cm³/mol. The van der Waals surface area contributed by atoms with Gasteiger partial charge in [-0.15, -0.1) is 0 Å². The van der Waals surface area contributed by atoms with Gasteiger partial charge in [0.2, 0.25) is 0 Å². The molecule has 2 aromatic heterocycles. The quantitative estimate of drug-likeness (QED) is 0.735. The molecule has 0 atom stereocenters. The van der Waals surface area contributed by atoms with Gasteiger partial charge in [-0.1, -0.05) is 23.5 Å². The highest BCUT2D eigenvalue weighted by molar-refractivity contribution is 7.23. The summed E-state index contributed by atoms with van der Waals surface area (Å²) in [4.78, 5) is 5.40. The van der Waals surface area contributed by atoms with Crippen LogP contribution in [0.3, 0.4) is 0 Å². The highest BCUT2D eigenvalue weighted by atomic mass is 32.1. The second-order valence-electron chi connectivity index (χ2n) is 3.90. The van der Waals surface area contributed by atoms with E-state index in [-0.39, 0.29) is 6.61 Å². The van der Waals surface area contributed by atoms with Gasteiger partial charge in [-0.3, -0.25) is 4.40 Å². The minimum atomic E-state index is 0.0354. The number of aliphatic hydroxyl groups is 1. The van der Waals surface area contributed by atoms with Gasteiger partial charge in [0.1, 0.15) is 0 Å².